The van der Waals surface area contributed by atoms with Gasteiger partial charge in [-0.3, -0.25) is 4.79 Å². The third kappa shape index (κ3) is 3.05. The molecule has 0 bridgehead atoms. The topological polar surface area (TPSA) is 69.1 Å². The maximum absolute atomic E-state index is 11.3. The van der Waals surface area contributed by atoms with Crippen molar-refractivity contribution in [3.05, 3.63) is 59.7 Å². The van der Waals surface area contributed by atoms with Crippen LogP contribution >= 0.6 is 11.8 Å². The van der Waals surface area contributed by atoms with Crippen LogP contribution in [0, 0.1) is 0 Å². The highest BCUT2D eigenvalue weighted by molar-refractivity contribution is 7.98. The van der Waals surface area contributed by atoms with Crippen LogP contribution in [0.4, 0.5) is 5.69 Å². The molecule has 18 heavy (non-hydrogen) atoms. The van der Waals surface area contributed by atoms with E-state index < -0.39 is 0 Å². The highest BCUT2D eigenvalue weighted by Gasteiger charge is 2.07. The number of rotatable bonds is 4. The first-order chi connectivity index (χ1) is 8.66. The number of carbonyl (C=O) groups is 1. The summed E-state index contributed by atoms with van der Waals surface area (Å²) in [6, 6.07) is 15.1. The van der Waals surface area contributed by atoms with Crippen molar-refractivity contribution in [2.75, 3.05) is 5.73 Å². The largest absolute Gasteiger partial charge is 0.399 e. The van der Waals surface area contributed by atoms with E-state index in [-0.39, 0.29) is 5.91 Å². The highest BCUT2D eigenvalue weighted by Crippen LogP contribution is 2.25. The van der Waals surface area contributed by atoms with Gasteiger partial charge in [-0.05, 0) is 35.9 Å². The molecule has 92 valence electrons. The number of hydrogen-bond donors (Lipinski definition) is 2. The molecule has 0 radical (unpaired) electrons. The van der Waals surface area contributed by atoms with Gasteiger partial charge < -0.3 is 11.5 Å². The number of hydrogen-bond acceptors (Lipinski definition) is 3. The molecule has 0 fully saturated rings. The summed E-state index contributed by atoms with van der Waals surface area (Å²) in [5, 5.41) is 0. The SMILES string of the molecule is NC(=O)c1ccccc1CSc1ccc(N)cc1. The van der Waals surface area contributed by atoms with Crippen LogP contribution in [-0.2, 0) is 5.75 Å². The fourth-order valence-electron chi connectivity index (χ4n) is 1.61. The quantitative estimate of drug-likeness (QED) is 0.654. The maximum atomic E-state index is 11.3. The number of nitrogens with two attached hydrogens (primary N) is 2. The summed E-state index contributed by atoms with van der Waals surface area (Å²) in [6.45, 7) is 0. The van der Waals surface area contributed by atoms with Crippen LogP contribution in [0.25, 0.3) is 0 Å². The minimum Gasteiger partial charge on any atom is -0.399 e. The van der Waals surface area contributed by atoms with Crippen LogP contribution in [-0.4, -0.2) is 5.91 Å². The Morgan fingerprint density at radius 2 is 1.72 bits per heavy atom. The van der Waals surface area contributed by atoms with Crippen molar-refractivity contribution in [2.24, 2.45) is 5.73 Å². The van der Waals surface area contributed by atoms with E-state index in [1.807, 2.05) is 42.5 Å². The van der Waals surface area contributed by atoms with Crippen LogP contribution < -0.4 is 11.5 Å². The molecule has 0 aliphatic carbocycles. The summed E-state index contributed by atoms with van der Waals surface area (Å²) in [5.74, 6) is 0.326. The first kappa shape index (κ1) is 12.5. The monoisotopic (exact) mass is 258 g/mol. The lowest BCUT2D eigenvalue weighted by Gasteiger charge is -2.06. The number of carbonyl (C=O) groups excluding carboxylic acids is 1. The molecule has 4 N–H and O–H groups in total. The summed E-state index contributed by atoms with van der Waals surface area (Å²) >= 11 is 1.65. The van der Waals surface area contributed by atoms with E-state index in [9.17, 15) is 4.79 Å². The second-order valence-corrected chi connectivity index (χ2v) is 4.93. The molecule has 0 saturated carbocycles. The van der Waals surface area contributed by atoms with Crippen molar-refractivity contribution in [3.63, 3.8) is 0 Å². The lowest BCUT2D eigenvalue weighted by Crippen LogP contribution is -2.13. The molecule has 0 heterocycles. The van der Waals surface area contributed by atoms with E-state index in [2.05, 4.69) is 0 Å². The third-order valence-electron chi connectivity index (χ3n) is 2.56. The number of primary amides is 1. The average Bonchev–Trinajstić information content (AvgIpc) is 2.38. The summed E-state index contributed by atoms with van der Waals surface area (Å²) < 4.78 is 0. The summed E-state index contributed by atoms with van der Waals surface area (Å²) in [5.41, 5.74) is 13.2. The molecule has 0 saturated heterocycles. The van der Waals surface area contributed by atoms with Gasteiger partial charge in [-0.15, -0.1) is 11.8 Å². The van der Waals surface area contributed by atoms with Gasteiger partial charge in [0, 0.05) is 21.9 Å². The minimum atomic E-state index is -0.386. The molecular formula is C14H14N2OS. The Bertz CT molecular complexity index is 552. The summed E-state index contributed by atoms with van der Waals surface area (Å²) in [4.78, 5) is 12.4. The fourth-order valence-corrected chi connectivity index (χ4v) is 2.51. The van der Waals surface area contributed by atoms with E-state index >= 15 is 0 Å². The summed E-state index contributed by atoms with van der Waals surface area (Å²) in [7, 11) is 0. The van der Waals surface area contributed by atoms with Gasteiger partial charge in [0.25, 0.3) is 0 Å². The summed E-state index contributed by atoms with van der Waals surface area (Å²) in [6.07, 6.45) is 0. The smallest absolute Gasteiger partial charge is 0.249 e. The molecule has 0 spiro atoms. The number of thioether (sulfide) groups is 1. The van der Waals surface area contributed by atoms with Gasteiger partial charge in [0.05, 0.1) is 0 Å². The van der Waals surface area contributed by atoms with Crippen molar-refractivity contribution in [1.82, 2.24) is 0 Å². The molecule has 0 aromatic heterocycles. The van der Waals surface area contributed by atoms with E-state index in [0.717, 1.165) is 16.1 Å². The van der Waals surface area contributed by atoms with Gasteiger partial charge in [-0.1, -0.05) is 18.2 Å². The molecule has 0 aliphatic heterocycles. The minimum absolute atomic E-state index is 0.386. The molecule has 1 amide bonds. The van der Waals surface area contributed by atoms with E-state index in [1.54, 1.807) is 17.8 Å². The number of nitrogen functional groups attached to an aromatic ring is 1. The molecule has 0 unspecified atom stereocenters. The predicted octanol–water partition coefficient (Wildman–Crippen LogP) is 2.66. The Labute approximate surface area is 110 Å². The molecule has 4 heteroatoms. The van der Waals surface area contributed by atoms with E-state index in [0.29, 0.717) is 11.3 Å². The molecule has 0 aliphatic rings. The van der Waals surface area contributed by atoms with E-state index in [4.69, 9.17) is 11.5 Å². The number of amides is 1. The maximum Gasteiger partial charge on any atom is 0.249 e. The first-order valence-electron chi connectivity index (χ1n) is 5.53. The van der Waals surface area contributed by atoms with Crippen molar-refractivity contribution in [2.45, 2.75) is 10.6 Å². The first-order valence-corrected chi connectivity index (χ1v) is 6.51. The Hall–Kier alpha value is -1.94. The van der Waals surface area contributed by atoms with E-state index in [1.165, 1.54) is 0 Å². The molecule has 2 aromatic rings. The second-order valence-electron chi connectivity index (χ2n) is 3.88. The van der Waals surface area contributed by atoms with Crippen LogP contribution in [0.2, 0.25) is 0 Å². The predicted molar refractivity (Wildman–Crippen MR) is 75.4 cm³/mol. The fraction of sp³-hybridized carbons (Fsp3) is 0.0714. The molecule has 3 nitrogen and oxygen atoms in total. The van der Waals surface area contributed by atoms with Gasteiger partial charge in [0.15, 0.2) is 0 Å². The van der Waals surface area contributed by atoms with Gasteiger partial charge in [-0.2, -0.15) is 0 Å². The highest BCUT2D eigenvalue weighted by atomic mass is 32.2. The zero-order valence-corrected chi connectivity index (χ0v) is 10.6. The molecule has 2 rings (SSSR count). The second kappa shape index (κ2) is 5.60. The van der Waals surface area contributed by atoms with Gasteiger partial charge in [0.1, 0.15) is 0 Å². The lowest BCUT2D eigenvalue weighted by molar-refractivity contribution is 0.0999. The van der Waals surface area contributed by atoms with Gasteiger partial charge in [0.2, 0.25) is 5.91 Å². The average molecular weight is 258 g/mol. The molecule has 2 aromatic carbocycles. The molecular weight excluding hydrogens is 244 g/mol. The normalized spacial score (nSPS) is 10.2. The Morgan fingerprint density at radius 1 is 1.06 bits per heavy atom. The third-order valence-corrected chi connectivity index (χ3v) is 3.62. The van der Waals surface area contributed by atoms with Crippen LogP contribution in [0.3, 0.4) is 0 Å². The Kier molecular flexibility index (Phi) is 3.89. The van der Waals surface area contributed by atoms with Gasteiger partial charge >= 0.3 is 0 Å². The number of anilines is 1. The lowest BCUT2D eigenvalue weighted by atomic mass is 10.1. The van der Waals surface area contributed by atoms with Crippen LogP contribution in [0.15, 0.2) is 53.4 Å². The van der Waals surface area contributed by atoms with Crippen molar-refractivity contribution < 1.29 is 4.79 Å². The van der Waals surface area contributed by atoms with Gasteiger partial charge in [-0.25, -0.2) is 0 Å². The standard InChI is InChI=1S/C14H14N2OS/c15-11-5-7-12(8-6-11)18-9-10-3-1-2-4-13(10)14(16)17/h1-8H,9,15H2,(H2,16,17). The van der Waals surface area contributed by atoms with Crippen molar-refractivity contribution in [3.8, 4) is 0 Å². The number of benzene rings is 2. The van der Waals surface area contributed by atoms with Crippen LogP contribution in [0.5, 0.6) is 0 Å². The molecule has 0 atom stereocenters. The zero-order chi connectivity index (χ0) is 13.0. The Balaban J connectivity index is 2.10. The van der Waals surface area contributed by atoms with Crippen molar-refractivity contribution >= 4 is 23.4 Å². The zero-order valence-electron chi connectivity index (χ0n) is 9.80. The Morgan fingerprint density at radius 3 is 2.39 bits per heavy atom. The van der Waals surface area contributed by atoms with Crippen LogP contribution in [0.1, 0.15) is 15.9 Å². The van der Waals surface area contributed by atoms with Crippen molar-refractivity contribution in [1.29, 1.82) is 0 Å².